The lowest BCUT2D eigenvalue weighted by Gasteiger charge is -2.27. The minimum Gasteiger partial charge on any atom is -0.495 e. The molecule has 0 bridgehead atoms. The van der Waals surface area contributed by atoms with E-state index in [1.54, 1.807) is 19.1 Å². The first-order chi connectivity index (χ1) is 15.4. The molecule has 10 heteroatoms. The van der Waals surface area contributed by atoms with E-state index < -0.39 is 15.6 Å². The topological polar surface area (TPSA) is 115 Å². The van der Waals surface area contributed by atoms with Crippen molar-refractivity contribution in [2.45, 2.75) is 68.7 Å². The number of rotatable bonds is 6. The Kier molecular flexibility index (Phi) is 6.52. The molecule has 1 aliphatic carbocycles. The van der Waals surface area contributed by atoms with Crippen molar-refractivity contribution in [2.24, 2.45) is 0 Å². The van der Waals surface area contributed by atoms with Crippen molar-refractivity contribution < 1.29 is 22.5 Å². The normalized spacial score (nSPS) is 19.4. The van der Waals surface area contributed by atoms with Crippen LogP contribution >= 0.6 is 0 Å². The van der Waals surface area contributed by atoms with Gasteiger partial charge in [0.05, 0.1) is 7.11 Å². The Morgan fingerprint density at radius 3 is 2.41 bits per heavy atom. The molecule has 0 atom stereocenters. The van der Waals surface area contributed by atoms with Crippen molar-refractivity contribution in [3.05, 3.63) is 35.5 Å². The number of benzene rings is 1. The van der Waals surface area contributed by atoms with Crippen LogP contribution in [-0.2, 0) is 15.6 Å². The molecule has 174 valence electrons. The summed E-state index contributed by atoms with van der Waals surface area (Å²) >= 11 is 0. The summed E-state index contributed by atoms with van der Waals surface area (Å²) in [6.07, 6.45) is 6.96. The van der Waals surface area contributed by atoms with Crippen molar-refractivity contribution in [3.8, 4) is 5.75 Å². The van der Waals surface area contributed by atoms with Crippen molar-refractivity contribution >= 4 is 15.9 Å². The number of sulfonamides is 1. The molecule has 2 heterocycles. The predicted octanol–water partition coefficient (Wildman–Crippen LogP) is 3.15. The number of hydrogen-bond acceptors (Lipinski definition) is 7. The molecule has 1 saturated heterocycles. The number of amides is 1. The summed E-state index contributed by atoms with van der Waals surface area (Å²) in [5.74, 6) is 0.766. The largest absolute Gasteiger partial charge is 0.495 e. The first-order valence-corrected chi connectivity index (χ1v) is 12.6. The first kappa shape index (κ1) is 22.7. The quantitative estimate of drug-likeness (QED) is 0.701. The molecular weight excluding hydrogens is 432 g/mol. The molecule has 0 radical (unpaired) electrons. The van der Waals surface area contributed by atoms with Gasteiger partial charge in [0.2, 0.25) is 15.9 Å². The number of nitrogens with zero attached hydrogens (tertiary/aromatic N) is 3. The summed E-state index contributed by atoms with van der Waals surface area (Å²) in [6, 6.07) is 4.54. The molecule has 1 aliphatic heterocycles. The lowest BCUT2D eigenvalue weighted by atomic mass is 9.96. The van der Waals surface area contributed by atoms with Gasteiger partial charge in [-0.25, -0.2) is 8.42 Å². The fourth-order valence-electron chi connectivity index (χ4n) is 4.61. The van der Waals surface area contributed by atoms with Gasteiger partial charge in [-0.05, 0) is 43.9 Å². The summed E-state index contributed by atoms with van der Waals surface area (Å²) < 4.78 is 38.8. The van der Waals surface area contributed by atoms with Crippen LogP contribution in [0, 0.1) is 6.92 Å². The van der Waals surface area contributed by atoms with Crippen LogP contribution in [0.15, 0.2) is 27.6 Å². The Morgan fingerprint density at radius 2 is 1.81 bits per heavy atom. The lowest BCUT2D eigenvalue weighted by molar-refractivity contribution is 0.0891. The van der Waals surface area contributed by atoms with Crippen LogP contribution in [0.5, 0.6) is 5.75 Å². The Hall–Kier alpha value is -2.46. The Balaban J connectivity index is 1.65. The molecule has 4 rings (SSSR count). The number of methoxy groups -OCH3 is 1. The van der Waals surface area contributed by atoms with E-state index in [0.717, 1.165) is 38.5 Å². The monoisotopic (exact) mass is 462 g/mol. The minimum atomic E-state index is -3.79. The Morgan fingerprint density at radius 1 is 1.12 bits per heavy atom. The number of hydrogen-bond donors (Lipinski definition) is 1. The standard InChI is InChI=1S/C22H30N4O5S/c1-16-23-21(25-31-16)22(11-5-6-12-22)24-20(27)17-9-10-18(30-2)19(15-17)32(28,29)26-13-7-3-4-8-14-26/h9-10,15H,3-8,11-14H2,1-2H3,(H,24,27). The smallest absolute Gasteiger partial charge is 0.252 e. The fraction of sp³-hybridized carbons (Fsp3) is 0.591. The average Bonchev–Trinajstić information content (AvgIpc) is 3.34. The van der Waals surface area contributed by atoms with E-state index in [0.29, 0.717) is 37.6 Å². The van der Waals surface area contributed by atoms with Gasteiger partial charge in [-0.1, -0.05) is 30.8 Å². The van der Waals surface area contributed by atoms with Gasteiger partial charge in [0, 0.05) is 25.6 Å². The maximum Gasteiger partial charge on any atom is 0.252 e. The third-order valence-corrected chi connectivity index (χ3v) is 8.29. The molecule has 2 fully saturated rings. The third-order valence-electron chi connectivity index (χ3n) is 6.37. The highest BCUT2D eigenvalue weighted by Gasteiger charge is 2.41. The Bertz CT molecular complexity index is 1070. The first-order valence-electron chi connectivity index (χ1n) is 11.2. The van der Waals surface area contributed by atoms with Gasteiger partial charge in [0.25, 0.3) is 5.91 Å². The SMILES string of the molecule is COc1ccc(C(=O)NC2(c3noc(C)n3)CCCC2)cc1S(=O)(=O)N1CCCCCC1. The fourth-order valence-corrected chi connectivity index (χ4v) is 6.31. The Labute approximate surface area is 188 Å². The van der Waals surface area contributed by atoms with Crippen molar-refractivity contribution in [1.82, 2.24) is 19.8 Å². The molecule has 1 amide bonds. The zero-order chi connectivity index (χ0) is 22.8. The number of carbonyl (C=O) groups excluding carboxylic acids is 1. The van der Waals surface area contributed by atoms with Gasteiger partial charge < -0.3 is 14.6 Å². The van der Waals surface area contributed by atoms with Crippen molar-refractivity contribution in [1.29, 1.82) is 0 Å². The van der Waals surface area contributed by atoms with E-state index in [4.69, 9.17) is 9.26 Å². The van der Waals surface area contributed by atoms with Crippen molar-refractivity contribution in [2.75, 3.05) is 20.2 Å². The molecule has 0 unspecified atom stereocenters. The summed E-state index contributed by atoms with van der Waals surface area (Å²) in [4.78, 5) is 17.6. The molecule has 2 aliphatic rings. The number of nitrogens with one attached hydrogen (secondary N) is 1. The molecule has 1 aromatic heterocycles. The molecule has 1 aromatic carbocycles. The molecule has 9 nitrogen and oxygen atoms in total. The summed E-state index contributed by atoms with van der Waals surface area (Å²) in [6.45, 7) is 2.66. The van der Waals surface area contributed by atoms with Crippen LogP contribution in [0.4, 0.5) is 0 Å². The van der Waals surface area contributed by atoms with Gasteiger partial charge in [0.1, 0.15) is 16.2 Å². The number of ether oxygens (including phenoxy) is 1. The summed E-state index contributed by atoms with van der Waals surface area (Å²) in [5, 5.41) is 7.12. The van der Waals surface area contributed by atoms with E-state index >= 15 is 0 Å². The van der Waals surface area contributed by atoms with Crippen LogP contribution in [0.3, 0.4) is 0 Å². The lowest BCUT2D eigenvalue weighted by Crippen LogP contribution is -2.44. The van der Waals surface area contributed by atoms with Gasteiger partial charge >= 0.3 is 0 Å². The average molecular weight is 463 g/mol. The summed E-state index contributed by atoms with van der Waals surface area (Å²) in [5.41, 5.74) is -0.454. The van der Waals surface area contributed by atoms with Crippen LogP contribution in [0.25, 0.3) is 0 Å². The highest BCUT2D eigenvalue weighted by molar-refractivity contribution is 7.89. The third kappa shape index (κ3) is 4.38. The number of carbonyl (C=O) groups is 1. The zero-order valence-electron chi connectivity index (χ0n) is 18.6. The van der Waals surface area contributed by atoms with Gasteiger partial charge in [0.15, 0.2) is 5.82 Å². The van der Waals surface area contributed by atoms with Crippen LogP contribution in [0.1, 0.15) is 73.4 Å². The highest BCUT2D eigenvalue weighted by atomic mass is 32.2. The molecule has 1 saturated carbocycles. The second kappa shape index (κ2) is 9.19. The van der Waals surface area contributed by atoms with Gasteiger partial charge in [-0.2, -0.15) is 9.29 Å². The molecular formula is C22H30N4O5S. The summed E-state index contributed by atoms with van der Waals surface area (Å²) in [7, 11) is -2.35. The van der Waals surface area contributed by atoms with Gasteiger partial charge in [-0.3, -0.25) is 4.79 Å². The van der Waals surface area contributed by atoms with Crippen LogP contribution in [-0.4, -0.2) is 49.0 Å². The van der Waals surface area contributed by atoms with E-state index in [2.05, 4.69) is 15.5 Å². The predicted molar refractivity (Wildman–Crippen MR) is 117 cm³/mol. The zero-order valence-corrected chi connectivity index (χ0v) is 19.4. The number of aryl methyl sites for hydroxylation is 1. The van der Waals surface area contributed by atoms with E-state index in [-0.39, 0.29) is 22.1 Å². The maximum absolute atomic E-state index is 13.4. The molecule has 2 aromatic rings. The second-order valence-electron chi connectivity index (χ2n) is 8.56. The van der Waals surface area contributed by atoms with Crippen molar-refractivity contribution in [3.63, 3.8) is 0 Å². The van der Waals surface area contributed by atoms with Crippen LogP contribution in [0.2, 0.25) is 0 Å². The van der Waals surface area contributed by atoms with E-state index in [1.165, 1.54) is 17.5 Å². The highest BCUT2D eigenvalue weighted by Crippen LogP contribution is 2.38. The van der Waals surface area contributed by atoms with Gasteiger partial charge in [-0.15, -0.1) is 0 Å². The number of aromatic nitrogens is 2. The second-order valence-corrected chi connectivity index (χ2v) is 10.5. The molecule has 1 N–H and O–H groups in total. The molecule has 0 spiro atoms. The van der Waals surface area contributed by atoms with E-state index in [9.17, 15) is 13.2 Å². The van der Waals surface area contributed by atoms with E-state index in [1.807, 2.05) is 0 Å². The minimum absolute atomic E-state index is 0.0189. The maximum atomic E-state index is 13.4. The van der Waals surface area contributed by atoms with Crippen LogP contribution < -0.4 is 10.1 Å². The molecule has 32 heavy (non-hydrogen) atoms.